The van der Waals surface area contributed by atoms with Gasteiger partial charge in [-0.05, 0) is 50.3 Å². The number of anilines is 1. The number of sulfonamides is 1. The Bertz CT molecular complexity index is 693. The Morgan fingerprint density at radius 1 is 1.04 bits per heavy atom. The maximum Gasteiger partial charge on any atom is 0.279 e. The molecule has 2 saturated heterocycles. The highest BCUT2D eigenvalue weighted by molar-refractivity contribution is 7.89. The zero-order valence-corrected chi connectivity index (χ0v) is 15.5. The normalized spacial score (nSPS) is 20.3. The van der Waals surface area contributed by atoms with Crippen molar-refractivity contribution in [3.63, 3.8) is 0 Å². The van der Waals surface area contributed by atoms with Crippen molar-refractivity contribution in [3.05, 3.63) is 24.3 Å². The number of quaternary nitrogens is 1. The van der Waals surface area contributed by atoms with Crippen LogP contribution in [0.3, 0.4) is 0 Å². The average molecular weight is 367 g/mol. The number of amides is 1. The van der Waals surface area contributed by atoms with Crippen LogP contribution in [0.4, 0.5) is 5.69 Å². The van der Waals surface area contributed by atoms with Gasteiger partial charge >= 0.3 is 0 Å². The Kier molecular flexibility index (Phi) is 6.09. The van der Waals surface area contributed by atoms with Crippen LogP contribution >= 0.6 is 0 Å². The van der Waals surface area contributed by atoms with E-state index in [9.17, 15) is 13.2 Å². The fraction of sp³-hybridized carbons (Fsp3) is 0.611. The number of likely N-dealkylation sites (tertiary alicyclic amines) is 1. The molecule has 3 rings (SSSR count). The van der Waals surface area contributed by atoms with Crippen LogP contribution in [0.2, 0.25) is 0 Å². The van der Waals surface area contributed by atoms with Crippen LogP contribution in [0, 0.1) is 0 Å². The molecule has 0 saturated carbocycles. The van der Waals surface area contributed by atoms with Crippen LogP contribution < -0.4 is 10.2 Å². The molecule has 2 fully saturated rings. The molecule has 2 aliphatic rings. The Balaban J connectivity index is 1.65. The molecule has 2 heterocycles. The molecule has 2 N–H and O–H groups in total. The molecule has 0 aliphatic carbocycles. The van der Waals surface area contributed by atoms with Crippen molar-refractivity contribution in [2.45, 2.75) is 43.4 Å². The van der Waals surface area contributed by atoms with Crippen LogP contribution in [-0.4, -0.2) is 51.4 Å². The van der Waals surface area contributed by atoms with Crippen LogP contribution in [0.25, 0.3) is 0 Å². The first-order valence-corrected chi connectivity index (χ1v) is 10.7. The number of nitrogens with zero attached hydrogens (tertiary/aromatic N) is 1. The van der Waals surface area contributed by atoms with Gasteiger partial charge in [0.1, 0.15) is 0 Å². The maximum absolute atomic E-state index is 12.8. The fourth-order valence-corrected chi connectivity index (χ4v) is 5.21. The predicted octanol–water partition coefficient (Wildman–Crippen LogP) is 0.869. The molecule has 7 heteroatoms. The van der Waals surface area contributed by atoms with Gasteiger partial charge in [-0.25, -0.2) is 8.42 Å². The van der Waals surface area contributed by atoms with Crippen molar-refractivity contribution in [1.82, 2.24) is 4.31 Å². The highest BCUT2D eigenvalue weighted by Gasteiger charge is 2.26. The van der Waals surface area contributed by atoms with Gasteiger partial charge in [0.2, 0.25) is 10.0 Å². The Morgan fingerprint density at radius 3 is 2.44 bits per heavy atom. The van der Waals surface area contributed by atoms with E-state index in [-0.39, 0.29) is 10.8 Å². The minimum absolute atomic E-state index is 0.0515. The van der Waals surface area contributed by atoms with E-state index in [0.717, 1.165) is 32.4 Å². The number of rotatable bonds is 5. The van der Waals surface area contributed by atoms with Gasteiger partial charge in [-0.1, -0.05) is 12.5 Å². The van der Waals surface area contributed by atoms with Gasteiger partial charge in [0.25, 0.3) is 5.91 Å². The number of hydrogen-bond acceptors (Lipinski definition) is 3. The van der Waals surface area contributed by atoms with Gasteiger partial charge in [-0.3, -0.25) is 4.79 Å². The molecule has 0 radical (unpaired) electrons. The first-order chi connectivity index (χ1) is 12.1. The van der Waals surface area contributed by atoms with Gasteiger partial charge in [0, 0.05) is 18.8 Å². The summed E-state index contributed by atoms with van der Waals surface area (Å²) < 4.78 is 27.1. The summed E-state index contributed by atoms with van der Waals surface area (Å²) in [6, 6.07) is 6.63. The number of carbonyl (C=O) groups is 1. The van der Waals surface area contributed by atoms with Gasteiger partial charge in [-0.15, -0.1) is 0 Å². The van der Waals surface area contributed by atoms with Crippen molar-refractivity contribution in [3.8, 4) is 0 Å². The summed E-state index contributed by atoms with van der Waals surface area (Å²) in [4.78, 5) is 13.8. The lowest BCUT2D eigenvalue weighted by atomic mass is 10.1. The second-order valence-corrected chi connectivity index (χ2v) is 8.97. The van der Waals surface area contributed by atoms with E-state index in [0.29, 0.717) is 25.3 Å². The largest absolute Gasteiger partial charge is 0.327 e. The zero-order valence-electron chi connectivity index (χ0n) is 14.7. The highest BCUT2D eigenvalue weighted by atomic mass is 32.2. The molecule has 25 heavy (non-hydrogen) atoms. The quantitative estimate of drug-likeness (QED) is 0.812. The summed E-state index contributed by atoms with van der Waals surface area (Å²) in [6.45, 7) is 3.69. The van der Waals surface area contributed by atoms with Crippen LogP contribution in [0.15, 0.2) is 29.2 Å². The third-order valence-electron chi connectivity index (χ3n) is 5.04. The van der Waals surface area contributed by atoms with E-state index < -0.39 is 10.0 Å². The minimum atomic E-state index is -3.47. The third-order valence-corrected chi connectivity index (χ3v) is 6.94. The minimum Gasteiger partial charge on any atom is -0.327 e. The molecule has 138 valence electrons. The van der Waals surface area contributed by atoms with E-state index >= 15 is 0 Å². The first kappa shape index (κ1) is 18.4. The molecule has 0 atom stereocenters. The lowest BCUT2D eigenvalue weighted by molar-refractivity contribution is -0.896. The van der Waals surface area contributed by atoms with Crippen LogP contribution in [0.5, 0.6) is 0 Å². The fourth-order valence-electron chi connectivity index (χ4n) is 3.65. The van der Waals surface area contributed by atoms with Crippen LogP contribution in [-0.2, 0) is 14.8 Å². The summed E-state index contributed by atoms with van der Waals surface area (Å²) in [5.74, 6) is -0.0515. The predicted molar refractivity (Wildman–Crippen MR) is 97.1 cm³/mol. The first-order valence-electron chi connectivity index (χ1n) is 9.29. The van der Waals surface area contributed by atoms with Gasteiger partial charge in [-0.2, -0.15) is 4.31 Å². The third kappa shape index (κ3) is 4.80. The number of benzene rings is 1. The molecule has 6 nitrogen and oxygen atoms in total. The number of nitrogens with one attached hydrogen (secondary N) is 2. The van der Waals surface area contributed by atoms with E-state index in [1.54, 1.807) is 28.6 Å². The molecule has 0 unspecified atom stereocenters. The van der Waals surface area contributed by atoms with Gasteiger partial charge in [0.05, 0.1) is 18.0 Å². The van der Waals surface area contributed by atoms with Crippen molar-refractivity contribution in [2.75, 3.05) is 38.0 Å². The molecule has 1 aromatic carbocycles. The Morgan fingerprint density at radius 2 is 1.72 bits per heavy atom. The molecule has 1 aromatic rings. The standard InChI is InChI=1S/C18H27N3O3S/c22-18(15-20-10-3-1-4-11-20)19-16-8-7-9-17(14-16)25(23,24)21-12-5-2-6-13-21/h7-9,14H,1-6,10-13,15H2,(H,19,22)/p+1. The summed E-state index contributed by atoms with van der Waals surface area (Å²) in [7, 11) is -3.47. The van der Waals surface area contributed by atoms with E-state index in [1.807, 2.05) is 0 Å². The van der Waals surface area contributed by atoms with Crippen molar-refractivity contribution < 1.29 is 18.1 Å². The maximum atomic E-state index is 12.8. The number of piperidine rings is 2. The monoisotopic (exact) mass is 366 g/mol. The molecule has 0 spiro atoms. The van der Waals surface area contributed by atoms with E-state index in [1.165, 1.54) is 24.2 Å². The van der Waals surface area contributed by atoms with Gasteiger partial charge < -0.3 is 10.2 Å². The van der Waals surface area contributed by atoms with Crippen LogP contribution in [0.1, 0.15) is 38.5 Å². The van der Waals surface area contributed by atoms with Crippen molar-refractivity contribution >= 4 is 21.6 Å². The van der Waals surface area contributed by atoms with Crippen molar-refractivity contribution in [2.24, 2.45) is 0 Å². The van der Waals surface area contributed by atoms with E-state index in [2.05, 4.69) is 5.32 Å². The summed E-state index contributed by atoms with van der Waals surface area (Å²) >= 11 is 0. The topological polar surface area (TPSA) is 70.9 Å². The van der Waals surface area contributed by atoms with Crippen molar-refractivity contribution in [1.29, 1.82) is 0 Å². The molecule has 2 aliphatic heterocycles. The second-order valence-electron chi connectivity index (χ2n) is 7.03. The molecule has 1 amide bonds. The SMILES string of the molecule is O=C(C[NH+]1CCCCC1)Nc1cccc(S(=O)(=O)N2CCCCC2)c1. The lowest BCUT2D eigenvalue weighted by Gasteiger charge is -2.26. The second kappa shape index (κ2) is 8.29. The highest BCUT2D eigenvalue weighted by Crippen LogP contribution is 2.22. The average Bonchev–Trinajstić information content (AvgIpc) is 2.63. The Labute approximate surface area is 150 Å². The molecular weight excluding hydrogens is 338 g/mol. The van der Waals surface area contributed by atoms with Gasteiger partial charge in [0.15, 0.2) is 6.54 Å². The zero-order chi connectivity index (χ0) is 17.7. The molecule has 0 bridgehead atoms. The summed E-state index contributed by atoms with van der Waals surface area (Å²) in [5.41, 5.74) is 0.555. The summed E-state index contributed by atoms with van der Waals surface area (Å²) in [5, 5.41) is 2.86. The summed E-state index contributed by atoms with van der Waals surface area (Å²) in [6.07, 6.45) is 6.50. The van der Waals surface area contributed by atoms with E-state index in [4.69, 9.17) is 0 Å². The molecular formula is C18H28N3O3S+. The Hall–Kier alpha value is -1.44. The lowest BCUT2D eigenvalue weighted by Crippen LogP contribution is -3.13. The number of carbonyl (C=O) groups excluding carboxylic acids is 1. The number of hydrogen-bond donors (Lipinski definition) is 2. The smallest absolute Gasteiger partial charge is 0.279 e. The molecule has 0 aromatic heterocycles.